The molecule has 0 aromatic heterocycles. The van der Waals surface area contributed by atoms with Gasteiger partial charge in [-0.25, -0.2) is 8.78 Å². The van der Waals surface area contributed by atoms with Crippen molar-refractivity contribution in [3.05, 3.63) is 59.2 Å². The first kappa shape index (κ1) is 24.4. The predicted molar refractivity (Wildman–Crippen MR) is 116 cm³/mol. The molecule has 3 rings (SSSR count). The molecule has 0 saturated carbocycles. The Morgan fingerprint density at radius 3 is 2.42 bits per heavy atom. The van der Waals surface area contributed by atoms with Crippen LogP contribution in [-0.2, 0) is 9.53 Å². The molecule has 0 bridgehead atoms. The standard InChI is InChI=1S/C23H27F2N3O5/c1-31-20-6-3-15(11-21(20)32-2)19(28-7-9-33-10-8-28)13-26-22(29)14-27-23(30)17-5-4-16(24)12-18(17)25/h3-6,11-12,19H,7-10,13-14H2,1-2H3,(H,26,29)(H,27,30). The fourth-order valence-corrected chi connectivity index (χ4v) is 3.61. The summed E-state index contributed by atoms with van der Waals surface area (Å²) in [5.41, 5.74) is 0.591. The number of carbonyl (C=O) groups excluding carboxylic acids is 2. The number of hydrogen-bond donors (Lipinski definition) is 2. The lowest BCUT2D eigenvalue weighted by molar-refractivity contribution is -0.120. The molecule has 1 fully saturated rings. The lowest BCUT2D eigenvalue weighted by atomic mass is 10.0. The Morgan fingerprint density at radius 1 is 1.03 bits per heavy atom. The molecule has 0 aliphatic carbocycles. The number of amides is 2. The molecular formula is C23H27F2N3O5. The summed E-state index contributed by atoms with van der Waals surface area (Å²) >= 11 is 0. The van der Waals surface area contributed by atoms with Gasteiger partial charge < -0.3 is 24.8 Å². The number of rotatable bonds is 9. The van der Waals surface area contributed by atoms with Crippen LogP contribution in [0.5, 0.6) is 11.5 Å². The van der Waals surface area contributed by atoms with Gasteiger partial charge in [0.15, 0.2) is 11.5 Å². The third kappa shape index (κ3) is 6.39. The average Bonchev–Trinajstić information content (AvgIpc) is 2.83. The van der Waals surface area contributed by atoms with Gasteiger partial charge >= 0.3 is 0 Å². The monoisotopic (exact) mass is 463 g/mol. The Kier molecular flexibility index (Phi) is 8.56. The summed E-state index contributed by atoms with van der Waals surface area (Å²) in [6, 6.07) is 8.04. The van der Waals surface area contributed by atoms with Gasteiger partial charge in [-0.15, -0.1) is 0 Å². The van der Waals surface area contributed by atoms with Crippen LogP contribution in [0.1, 0.15) is 22.0 Å². The van der Waals surface area contributed by atoms with E-state index in [1.54, 1.807) is 20.3 Å². The van der Waals surface area contributed by atoms with Gasteiger partial charge in [0.1, 0.15) is 11.6 Å². The van der Waals surface area contributed by atoms with Gasteiger partial charge in [-0.05, 0) is 29.8 Å². The largest absolute Gasteiger partial charge is 0.493 e. The van der Waals surface area contributed by atoms with E-state index in [9.17, 15) is 18.4 Å². The minimum Gasteiger partial charge on any atom is -0.493 e. The maximum atomic E-state index is 13.8. The maximum absolute atomic E-state index is 13.8. The normalized spacial score (nSPS) is 14.9. The summed E-state index contributed by atoms with van der Waals surface area (Å²) in [6.07, 6.45) is 0. The van der Waals surface area contributed by atoms with Crippen LogP contribution in [0, 0.1) is 11.6 Å². The molecule has 8 nitrogen and oxygen atoms in total. The van der Waals surface area contributed by atoms with Gasteiger partial charge in [-0.2, -0.15) is 0 Å². The Morgan fingerprint density at radius 2 is 1.76 bits per heavy atom. The number of hydrogen-bond acceptors (Lipinski definition) is 6. The fraction of sp³-hybridized carbons (Fsp3) is 0.391. The van der Waals surface area contributed by atoms with Crippen molar-refractivity contribution in [2.24, 2.45) is 0 Å². The second-order valence-corrected chi connectivity index (χ2v) is 7.39. The molecule has 2 aromatic rings. The molecule has 0 spiro atoms. The minimum atomic E-state index is -0.992. The molecular weight excluding hydrogens is 436 g/mol. The van der Waals surface area contributed by atoms with Crippen LogP contribution in [0.4, 0.5) is 8.78 Å². The van der Waals surface area contributed by atoms with Crippen molar-refractivity contribution >= 4 is 11.8 Å². The van der Waals surface area contributed by atoms with E-state index in [1.165, 1.54) is 0 Å². The molecule has 2 N–H and O–H groups in total. The minimum absolute atomic E-state index is 0.164. The molecule has 1 aliphatic rings. The number of benzene rings is 2. The number of nitrogens with zero attached hydrogens (tertiary/aromatic N) is 1. The van der Waals surface area contributed by atoms with Gasteiger partial charge in [0.05, 0.1) is 45.6 Å². The zero-order chi connectivity index (χ0) is 23.8. The highest BCUT2D eigenvalue weighted by molar-refractivity contribution is 5.96. The third-order valence-corrected chi connectivity index (χ3v) is 5.36. The van der Waals surface area contributed by atoms with Crippen LogP contribution < -0.4 is 20.1 Å². The average molecular weight is 463 g/mol. The molecule has 1 heterocycles. The summed E-state index contributed by atoms with van der Waals surface area (Å²) in [5, 5.41) is 5.17. The molecule has 10 heteroatoms. The maximum Gasteiger partial charge on any atom is 0.254 e. The SMILES string of the molecule is COc1ccc(C(CNC(=O)CNC(=O)c2ccc(F)cc2F)N2CCOCC2)cc1OC. The van der Waals surface area contributed by atoms with Crippen LogP contribution in [0.25, 0.3) is 0 Å². The molecule has 1 aliphatic heterocycles. The van der Waals surface area contributed by atoms with Crippen LogP contribution in [0.2, 0.25) is 0 Å². The summed E-state index contributed by atoms with van der Waals surface area (Å²) in [6.45, 7) is 2.46. The van der Waals surface area contributed by atoms with Crippen molar-refractivity contribution in [3.63, 3.8) is 0 Å². The topological polar surface area (TPSA) is 89.1 Å². The van der Waals surface area contributed by atoms with Gasteiger partial charge in [-0.1, -0.05) is 6.07 Å². The Labute approximate surface area is 190 Å². The highest BCUT2D eigenvalue weighted by Gasteiger charge is 2.24. The Bertz CT molecular complexity index is 983. The first-order valence-corrected chi connectivity index (χ1v) is 10.5. The molecule has 1 atom stereocenters. The Balaban J connectivity index is 1.64. The summed E-state index contributed by atoms with van der Waals surface area (Å²) in [5.74, 6) is -1.84. The summed E-state index contributed by atoms with van der Waals surface area (Å²) in [4.78, 5) is 26.7. The number of carbonyl (C=O) groups is 2. The van der Waals surface area contributed by atoms with Crippen LogP contribution in [0.3, 0.4) is 0 Å². The van der Waals surface area contributed by atoms with Gasteiger partial charge in [0, 0.05) is 25.7 Å². The van der Waals surface area contributed by atoms with E-state index >= 15 is 0 Å². The van der Waals surface area contributed by atoms with Gasteiger partial charge in [-0.3, -0.25) is 14.5 Å². The number of nitrogens with one attached hydrogen (secondary N) is 2. The van der Waals surface area contributed by atoms with E-state index in [2.05, 4.69) is 15.5 Å². The van der Waals surface area contributed by atoms with Crippen molar-refractivity contribution in [3.8, 4) is 11.5 Å². The number of morpholine rings is 1. The molecule has 0 radical (unpaired) electrons. The van der Waals surface area contributed by atoms with Crippen LogP contribution in [0.15, 0.2) is 36.4 Å². The zero-order valence-corrected chi connectivity index (χ0v) is 18.5. The highest BCUT2D eigenvalue weighted by Crippen LogP contribution is 2.32. The van der Waals surface area contributed by atoms with E-state index in [4.69, 9.17) is 14.2 Å². The molecule has 178 valence electrons. The molecule has 2 amide bonds. The van der Waals surface area contributed by atoms with E-state index in [-0.39, 0.29) is 24.7 Å². The van der Waals surface area contributed by atoms with E-state index < -0.39 is 23.4 Å². The lowest BCUT2D eigenvalue weighted by Crippen LogP contribution is -2.45. The van der Waals surface area contributed by atoms with Crippen LogP contribution in [-0.4, -0.2) is 70.3 Å². The van der Waals surface area contributed by atoms with E-state index in [0.717, 1.165) is 17.7 Å². The molecule has 33 heavy (non-hydrogen) atoms. The molecule has 2 aromatic carbocycles. The van der Waals surface area contributed by atoms with E-state index in [0.29, 0.717) is 43.9 Å². The van der Waals surface area contributed by atoms with E-state index in [1.807, 2.05) is 12.1 Å². The zero-order valence-electron chi connectivity index (χ0n) is 18.5. The first-order valence-electron chi connectivity index (χ1n) is 10.5. The number of halogens is 2. The van der Waals surface area contributed by atoms with Crippen molar-refractivity contribution in [1.29, 1.82) is 0 Å². The van der Waals surface area contributed by atoms with Crippen LogP contribution >= 0.6 is 0 Å². The quantitative estimate of drug-likeness (QED) is 0.591. The Hall–Kier alpha value is -3.24. The van der Waals surface area contributed by atoms with Gasteiger partial charge in [0.25, 0.3) is 5.91 Å². The van der Waals surface area contributed by atoms with Crippen molar-refractivity contribution in [2.45, 2.75) is 6.04 Å². The fourth-order valence-electron chi connectivity index (χ4n) is 3.61. The molecule has 1 unspecified atom stereocenters. The second-order valence-electron chi connectivity index (χ2n) is 7.39. The summed E-state index contributed by atoms with van der Waals surface area (Å²) < 4.78 is 42.9. The van der Waals surface area contributed by atoms with Gasteiger partial charge in [0.2, 0.25) is 5.91 Å². The van der Waals surface area contributed by atoms with Crippen molar-refractivity contribution in [2.75, 3.05) is 53.6 Å². The van der Waals surface area contributed by atoms with Crippen molar-refractivity contribution in [1.82, 2.24) is 15.5 Å². The third-order valence-electron chi connectivity index (χ3n) is 5.36. The smallest absolute Gasteiger partial charge is 0.254 e. The predicted octanol–water partition coefficient (Wildman–Crippen LogP) is 1.90. The second kappa shape index (κ2) is 11.6. The lowest BCUT2D eigenvalue weighted by Gasteiger charge is -2.35. The first-order chi connectivity index (χ1) is 15.9. The number of methoxy groups -OCH3 is 2. The number of ether oxygens (including phenoxy) is 3. The molecule has 1 saturated heterocycles. The summed E-state index contributed by atoms with van der Waals surface area (Å²) in [7, 11) is 3.11. The van der Waals surface area contributed by atoms with Crippen molar-refractivity contribution < 1.29 is 32.6 Å². The highest BCUT2D eigenvalue weighted by atomic mass is 19.1.